The van der Waals surface area contributed by atoms with Crippen LogP contribution in [0, 0.1) is 0 Å². The van der Waals surface area contributed by atoms with Gasteiger partial charge in [0.05, 0.1) is 12.7 Å². The third-order valence-corrected chi connectivity index (χ3v) is 3.27. The van der Waals surface area contributed by atoms with Crippen molar-refractivity contribution in [2.24, 2.45) is 0 Å². The van der Waals surface area contributed by atoms with Crippen LogP contribution in [0.3, 0.4) is 0 Å². The van der Waals surface area contributed by atoms with Gasteiger partial charge in [-0.25, -0.2) is 0 Å². The van der Waals surface area contributed by atoms with Gasteiger partial charge in [0.15, 0.2) is 0 Å². The van der Waals surface area contributed by atoms with Crippen LogP contribution in [0.25, 0.3) is 0 Å². The lowest BCUT2D eigenvalue weighted by Crippen LogP contribution is -2.22. The summed E-state index contributed by atoms with van der Waals surface area (Å²) in [4.78, 5) is 14.6. The second-order valence-electron chi connectivity index (χ2n) is 4.75. The van der Waals surface area contributed by atoms with E-state index in [1.807, 2.05) is 0 Å². The second kappa shape index (κ2) is 7.56. The van der Waals surface area contributed by atoms with E-state index in [4.69, 9.17) is 16.3 Å². The highest BCUT2D eigenvalue weighted by atomic mass is 35.5. The van der Waals surface area contributed by atoms with Gasteiger partial charge in [0, 0.05) is 26.7 Å². The largest absolute Gasteiger partial charge is 0.391 e. The molecule has 7 nitrogen and oxygen atoms in total. The van der Waals surface area contributed by atoms with Gasteiger partial charge >= 0.3 is 0 Å². The van der Waals surface area contributed by atoms with Gasteiger partial charge in [0.1, 0.15) is 0 Å². The molecule has 1 aliphatic rings. The fourth-order valence-electron chi connectivity index (χ4n) is 2.10. The molecule has 1 fully saturated rings. The minimum atomic E-state index is -0.497. The molecule has 1 aromatic rings. The summed E-state index contributed by atoms with van der Waals surface area (Å²) in [6.45, 7) is 2.77. The van der Waals surface area contributed by atoms with Crippen molar-refractivity contribution in [3.05, 3.63) is 5.28 Å². The van der Waals surface area contributed by atoms with Crippen LogP contribution in [-0.4, -0.2) is 59.5 Å². The van der Waals surface area contributed by atoms with Gasteiger partial charge in [-0.1, -0.05) is 0 Å². The third kappa shape index (κ3) is 4.43. The van der Waals surface area contributed by atoms with Gasteiger partial charge in [-0.05, 0) is 30.9 Å². The SMILES string of the molecule is COCC(O)CCNc1nc(Cl)nc(N2CCCC2)n1. The number of halogens is 1. The zero-order valence-corrected chi connectivity index (χ0v) is 12.3. The molecular weight excluding hydrogens is 282 g/mol. The highest BCUT2D eigenvalue weighted by Gasteiger charge is 2.16. The summed E-state index contributed by atoms with van der Waals surface area (Å²) in [7, 11) is 1.56. The number of anilines is 2. The van der Waals surface area contributed by atoms with E-state index in [0.29, 0.717) is 31.5 Å². The summed E-state index contributed by atoms with van der Waals surface area (Å²) < 4.78 is 4.87. The maximum Gasteiger partial charge on any atom is 0.231 e. The van der Waals surface area contributed by atoms with Gasteiger partial charge in [0.2, 0.25) is 17.2 Å². The number of nitrogens with zero attached hydrogens (tertiary/aromatic N) is 4. The highest BCUT2D eigenvalue weighted by molar-refractivity contribution is 6.28. The zero-order valence-electron chi connectivity index (χ0n) is 11.5. The molecule has 0 saturated carbocycles. The minimum absolute atomic E-state index is 0.182. The number of ether oxygens (including phenoxy) is 1. The van der Waals surface area contributed by atoms with Gasteiger partial charge < -0.3 is 20.1 Å². The first-order chi connectivity index (χ1) is 9.69. The van der Waals surface area contributed by atoms with Crippen molar-refractivity contribution in [2.75, 3.05) is 43.6 Å². The van der Waals surface area contributed by atoms with Crippen LogP contribution in [-0.2, 0) is 4.74 Å². The van der Waals surface area contributed by atoms with Crippen molar-refractivity contribution in [2.45, 2.75) is 25.4 Å². The number of aliphatic hydroxyl groups excluding tert-OH is 1. The molecule has 0 spiro atoms. The number of aliphatic hydroxyl groups is 1. The van der Waals surface area contributed by atoms with Crippen LogP contribution < -0.4 is 10.2 Å². The lowest BCUT2D eigenvalue weighted by Gasteiger charge is -2.16. The number of hydrogen-bond donors (Lipinski definition) is 2. The predicted octanol–water partition coefficient (Wildman–Crippen LogP) is 0.934. The van der Waals surface area contributed by atoms with E-state index in [-0.39, 0.29) is 5.28 Å². The summed E-state index contributed by atoms with van der Waals surface area (Å²) >= 11 is 5.92. The molecule has 0 radical (unpaired) electrons. The highest BCUT2D eigenvalue weighted by Crippen LogP contribution is 2.18. The first-order valence-corrected chi connectivity index (χ1v) is 7.14. The molecule has 2 heterocycles. The normalized spacial score (nSPS) is 16.4. The molecule has 1 unspecified atom stereocenters. The number of aromatic nitrogens is 3. The van der Waals surface area contributed by atoms with E-state index in [2.05, 4.69) is 25.2 Å². The van der Waals surface area contributed by atoms with Crippen LogP contribution in [0.1, 0.15) is 19.3 Å². The lowest BCUT2D eigenvalue weighted by molar-refractivity contribution is 0.0615. The maximum absolute atomic E-state index is 9.56. The van der Waals surface area contributed by atoms with Crippen LogP contribution in [0.2, 0.25) is 5.28 Å². The molecule has 0 bridgehead atoms. The minimum Gasteiger partial charge on any atom is -0.391 e. The monoisotopic (exact) mass is 301 g/mol. The molecule has 0 aromatic carbocycles. The van der Waals surface area contributed by atoms with Gasteiger partial charge in [-0.15, -0.1) is 0 Å². The first kappa shape index (κ1) is 15.2. The van der Waals surface area contributed by atoms with Crippen molar-refractivity contribution in [1.29, 1.82) is 0 Å². The van der Waals surface area contributed by atoms with Crippen LogP contribution in [0.15, 0.2) is 0 Å². The molecular formula is C12H20ClN5O2. The molecule has 1 atom stereocenters. The number of rotatable bonds is 7. The number of methoxy groups -OCH3 is 1. The third-order valence-electron chi connectivity index (χ3n) is 3.10. The Kier molecular flexibility index (Phi) is 5.75. The zero-order chi connectivity index (χ0) is 14.4. The Bertz CT molecular complexity index is 428. The fourth-order valence-corrected chi connectivity index (χ4v) is 2.26. The Morgan fingerprint density at radius 1 is 1.35 bits per heavy atom. The van der Waals surface area contributed by atoms with Gasteiger partial charge in [-0.2, -0.15) is 15.0 Å². The van der Waals surface area contributed by atoms with Crippen LogP contribution in [0.5, 0.6) is 0 Å². The number of nitrogens with one attached hydrogen (secondary N) is 1. The first-order valence-electron chi connectivity index (χ1n) is 6.76. The lowest BCUT2D eigenvalue weighted by atomic mass is 10.3. The van der Waals surface area contributed by atoms with Gasteiger partial charge in [0.25, 0.3) is 0 Å². The smallest absolute Gasteiger partial charge is 0.231 e. The Hall–Kier alpha value is -1.18. The molecule has 1 aromatic heterocycles. The van der Waals surface area contributed by atoms with E-state index >= 15 is 0 Å². The molecule has 112 valence electrons. The van der Waals surface area contributed by atoms with E-state index in [9.17, 15) is 5.11 Å². The molecule has 0 amide bonds. The predicted molar refractivity (Wildman–Crippen MR) is 77.3 cm³/mol. The van der Waals surface area contributed by atoms with Crippen molar-refractivity contribution >= 4 is 23.5 Å². The Morgan fingerprint density at radius 3 is 2.80 bits per heavy atom. The summed E-state index contributed by atoms with van der Waals surface area (Å²) in [5.41, 5.74) is 0. The van der Waals surface area contributed by atoms with Crippen molar-refractivity contribution in [1.82, 2.24) is 15.0 Å². The van der Waals surface area contributed by atoms with Gasteiger partial charge in [-0.3, -0.25) is 0 Å². The summed E-state index contributed by atoms with van der Waals surface area (Å²) in [5.74, 6) is 1.05. The van der Waals surface area contributed by atoms with E-state index in [0.717, 1.165) is 25.9 Å². The Balaban J connectivity index is 1.90. The standard InChI is InChI=1S/C12H20ClN5O2/c1-20-8-9(19)4-5-14-11-15-10(13)16-12(17-11)18-6-2-3-7-18/h9,19H,2-8H2,1H3,(H,14,15,16,17). The molecule has 0 aliphatic carbocycles. The van der Waals surface area contributed by atoms with E-state index in [1.54, 1.807) is 7.11 Å². The molecule has 8 heteroatoms. The second-order valence-corrected chi connectivity index (χ2v) is 5.08. The summed E-state index contributed by atoms with van der Waals surface area (Å²) in [6.07, 6.45) is 2.35. The Morgan fingerprint density at radius 2 is 2.10 bits per heavy atom. The molecule has 1 aliphatic heterocycles. The van der Waals surface area contributed by atoms with Crippen molar-refractivity contribution in [3.63, 3.8) is 0 Å². The van der Waals surface area contributed by atoms with E-state index < -0.39 is 6.10 Å². The fraction of sp³-hybridized carbons (Fsp3) is 0.750. The number of hydrogen-bond acceptors (Lipinski definition) is 7. The summed E-state index contributed by atoms with van der Waals surface area (Å²) in [6, 6.07) is 0. The van der Waals surface area contributed by atoms with E-state index in [1.165, 1.54) is 0 Å². The molecule has 2 rings (SSSR count). The summed E-state index contributed by atoms with van der Waals surface area (Å²) in [5, 5.41) is 12.8. The van der Waals surface area contributed by atoms with Crippen LogP contribution in [0.4, 0.5) is 11.9 Å². The average molecular weight is 302 g/mol. The topological polar surface area (TPSA) is 83.4 Å². The quantitative estimate of drug-likeness (QED) is 0.775. The van der Waals surface area contributed by atoms with Crippen molar-refractivity contribution in [3.8, 4) is 0 Å². The van der Waals surface area contributed by atoms with Crippen molar-refractivity contribution < 1.29 is 9.84 Å². The molecule has 2 N–H and O–H groups in total. The maximum atomic E-state index is 9.56. The average Bonchev–Trinajstić information content (AvgIpc) is 2.92. The molecule has 1 saturated heterocycles. The Labute approximate surface area is 123 Å². The molecule has 20 heavy (non-hydrogen) atoms. The van der Waals surface area contributed by atoms with Crippen LogP contribution >= 0.6 is 11.6 Å².